The third kappa shape index (κ3) is 4.49. The van der Waals surface area contributed by atoms with Crippen LogP contribution in [0.5, 0.6) is 0 Å². The van der Waals surface area contributed by atoms with Crippen LogP contribution in [-0.4, -0.2) is 39.3 Å². The third-order valence-corrected chi connectivity index (χ3v) is 6.57. The first-order valence-electron chi connectivity index (χ1n) is 12.0. The van der Waals surface area contributed by atoms with Gasteiger partial charge in [0.05, 0.1) is 17.3 Å². The number of aromatic nitrogens is 8. The van der Waals surface area contributed by atoms with Gasteiger partial charge in [-0.2, -0.15) is 5.21 Å². The molecule has 0 unspecified atom stereocenters. The number of benzene rings is 1. The second-order valence-corrected chi connectivity index (χ2v) is 8.96. The van der Waals surface area contributed by atoms with Gasteiger partial charge in [0, 0.05) is 42.0 Å². The molecule has 5 rings (SSSR count). The molecule has 0 radical (unpaired) electrons. The van der Waals surface area contributed by atoms with Gasteiger partial charge >= 0.3 is 5.69 Å². The van der Waals surface area contributed by atoms with Gasteiger partial charge in [0.2, 0.25) is 5.82 Å². The highest BCUT2D eigenvalue weighted by molar-refractivity contribution is 6.32. The van der Waals surface area contributed by atoms with E-state index in [2.05, 4.69) is 27.5 Å². The molecule has 1 aromatic carbocycles. The van der Waals surface area contributed by atoms with Crippen molar-refractivity contribution in [2.75, 3.05) is 0 Å². The first-order chi connectivity index (χ1) is 17.6. The molecule has 4 heterocycles. The molecule has 5 aromatic rings. The number of aromatic amines is 1. The summed E-state index contributed by atoms with van der Waals surface area (Å²) in [7, 11) is 0. The van der Waals surface area contributed by atoms with Crippen molar-refractivity contribution in [2.45, 2.75) is 46.2 Å². The number of hydrogen-bond acceptors (Lipinski definition) is 5. The van der Waals surface area contributed by atoms with Crippen molar-refractivity contribution >= 4 is 11.6 Å². The summed E-state index contributed by atoms with van der Waals surface area (Å²) in [5, 5.41) is 15.0. The Morgan fingerprint density at radius 2 is 1.89 bits per heavy atom. The van der Waals surface area contributed by atoms with Crippen molar-refractivity contribution in [1.29, 1.82) is 0 Å². The number of imidazole rings is 1. The van der Waals surface area contributed by atoms with Crippen molar-refractivity contribution in [3.8, 4) is 28.3 Å². The molecule has 0 aliphatic heterocycles. The summed E-state index contributed by atoms with van der Waals surface area (Å²) in [6.07, 6.45) is 8.48. The van der Waals surface area contributed by atoms with E-state index in [1.807, 2.05) is 72.5 Å². The van der Waals surface area contributed by atoms with Gasteiger partial charge in [0.1, 0.15) is 5.82 Å². The molecule has 0 bridgehead atoms. The van der Waals surface area contributed by atoms with Crippen molar-refractivity contribution in [1.82, 2.24) is 39.3 Å². The Labute approximate surface area is 213 Å². The molecule has 184 valence electrons. The third-order valence-electron chi connectivity index (χ3n) is 6.27. The average molecular weight is 503 g/mol. The smallest absolute Gasteiger partial charge is 0.333 e. The summed E-state index contributed by atoms with van der Waals surface area (Å²) in [5.74, 6) is 1.22. The zero-order chi connectivity index (χ0) is 25.1. The summed E-state index contributed by atoms with van der Waals surface area (Å²) < 4.78 is 5.44. The summed E-state index contributed by atoms with van der Waals surface area (Å²) >= 11 is 6.46. The Morgan fingerprint density at radius 1 is 1.06 bits per heavy atom. The molecule has 0 amide bonds. The normalized spacial score (nSPS) is 11.3. The minimum atomic E-state index is -0.121. The molecule has 9 nitrogen and oxygen atoms in total. The molecule has 0 atom stereocenters. The van der Waals surface area contributed by atoms with Crippen molar-refractivity contribution < 1.29 is 0 Å². The van der Waals surface area contributed by atoms with Crippen LogP contribution in [-0.2, 0) is 19.5 Å². The summed E-state index contributed by atoms with van der Waals surface area (Å²) in [6.45, 7) is 5.27. The molecular formula is C26H27ClN8O. The number of hydrogen-bond donors (Lipinski definition) is 1. The number of rotatable bonds is 9. The van der Waals surface area contributed by atoms with Gasteiger partial charge in [-0.3, -0.25) is 14.1 Å². The van der Waals surface area contributed by atoms with E-state index < -0.39 is 0 Å². The van der Waals surface area contributed by atoms with Crippen LogP contribution in [0.3, 0.4) is 0 Å². The van der Waals surface area contributed by atoms with Crippen LogP contribution < -0.4 is 5.69 Å². The molecule has 10 heteroatoms. The molecule has 0 fully saturated rings. The molecule has 1 N–H and O–H groups in total. The van der Waals surface area contributed by atoms with E-state index in [0.29, 0.717) is 23.2 Å². The fourth-order valence-corrected chi connectivity index (χ4v) is 4.65. The lowest BCUT2D eigenvalue weighted by molar-refractivity contribution is 0.657. The molecule has 0 saturated carbocycles. The zero-order valence-corrected chi connectivity index (χ0v) is 21.0. The van der Waals surface area contributed by atoms with E-state index in [0.717, 1.165) is 53.9 Å². The molecule has 36 heavy (non-hydrogen) atoms. The first kappa shape index (κ1) is 23.7. The van der Waals surface area contributed by atoms with Gasteiger partial charge in [-0.15, -0.1) is 10.2 Å². The standard InChI is InChI=1S/C26H27ClN8O/c1-3-5-8-20-17-35(25-23(27)13-14-33(25)4-2)26(36)34(20)16-19-12-11-18(15-28-19)21-9-6-7-10-22(21)24-29-31-32-30-24/h6-7,9-15,17H,3-5,8,16H2,1-2H3,(H,29,30,31,32). The monoisotopic (exact) mass is 502 g/mol. The van der Waals surface area contributed by atoms with Crippen LogP contribution in [0.2, 0.25) is 5.02 Å². The van der Waals surface area contributed by atoms with Gasteiger partial charge in [0.25, 0.3) is 0 Å². The number of unbranched alkanes of at least 4 members (excludes halogenated alkanes) is 1. The number of pyridine rings is 1. The summed E-state index contributed by atoms with van der Waals surface area (Å²) in [5.41, 5.74) is 4.40. The molecule has 0 aliphatic carbocycles. The largest absolute Gasteiger partial charge is 0.334 e. The molecule has 4 aromatic heterocycles. The first-order valence-corrected chi connectivity index (χ1v) is 12.4. The van der Waals surface area contributed by atoms with Crippen LogP contribution in [0.4, 0.5) is 0 Å². The van der Waals surface area contributed by atoms with Gasteiger partial charge in [0.15, 0.2) is 0 Å². The van der Waals surface area contributed by atoms with Crippen LogP contribution in [0.1, 0.15) is 38.1 Å². The minimum absolute atomic E-state index is 0.121. The number of nitrogens with one attached hydrogen (secondary N) is 1. The highest BCUT2D eigenvalue weighted by Gasteiger charge is 2.18. The maximum Gasteiger partial charge on any atom is 0.334 e. The zero-order valence-electron chi connectivity index (χ0n) is 20.2. The van der Waals surface area contributed by atoms with Crippen LogP contribution in [0.15, 0.2) is 65.8 Å². The van der Waals surface area contributed by atoms with E-state index in [-0.39, 0.29) is 5.69 Å². The van der Waals surface area contributed by atoms with E-state index in [9.17, 15) is 4.79 Å². The van der Waals surface area contributed by atoms with Gasteiger partial charge in [-0.05, 0) is 42.7 Å². The number of nitrogens with zero attached hydrogens (tertiary/aromatic N) is 7. The van der Waals surface area contributed by atoms with E-state index >= 15 is 0 Å². The number of tetrazole rings is 1. The topological polar surface area (TPSA) is 99.2 Å². The van der Waals surface area contributed by atoms with Crippen LogP contribution in [0, 0.1) is 0 Å². The molecule has 0 saturated heterocycles. The SMILES string of the molecule is CCCCc1cn(-c2c(Cl)ccn2CC)c(=O)n1Cc1ccc(-c2ccccc2-c2nn[nH]n2)cn1. The summed E-state index contributed by atoms with van der Waals surface area (Å²) in [6, 6.07) is 13.6. The number of halogens is 1. The minimum Gasteiger partial charge on any atom is -0.333 e. The fourth-order valence-electron chi connectivity index (χ4n) is 4.40. The maximum atomic E-state index is 13.5. The average Bonchev–Trinajstić information content (AvgIpc) is 3.64. The lowest BCUT2D eigenvalue weighted by Gasteiger charge is -2.09. The van der Waals surface area contributed by atoms with E-state index in [4.69, 9.17) is 16.6 Å². The Bertz CT molecular complexity index is 1510. The predicted octanol–water partition coefficient (Wildman–Crippen LogP) is 4.75. The Kier molecular flexibility index (Phi) is 6.81. The van der Waals surface area contributed by atoms with Crippen LogP contribution in [0.25, 0.3) is 28.3 Å². The van der Waals surface area contributed by atoms with Gasteiger partial charge in [-0.25, -0.2) is 4.79 Å². The molecular weight excluding hydrogens is 476 g/mol. The van der Waals surface area contributed by atoms with Crippen molar-refractivity contribution in [2.24, 2.45) is 0 Å². The van der Waals surface area contributed by atoms with E-state index in [1.54, 1.807) is 9.13 Å². The van der Waals surface area contributed by atoms with Crippen molar-refractivity contribution in [3.05, 3.63) is 87.9 Å². The second-order valence-electron chi connectivity index (χ2n) is 8.56. The fraction of sp³-hybridized carbons (Fsp3) is 0.269. The van der Waals surface area contributed by atoms with Gasteiger partial charge < -0.3 is 4.57 Å². The van der Waals surface area contributed by atoms with Gasteiger partial charge in [-0.1, -0.05) is 55.3 Å². The maximum absolute atomic E-state index is 13.5. The van der Waals surface area contributed by atoms with Crippen molar-refractivity contribution in [3.63, 3.8) is 0 Å². The van der Waals surface area contributed by atoms with E-state index in [1.165, 1.54) is 0 Å². The van der Waals surface area contributed by atoms with Crippen LogP contribution >= 0.6 is 11.6 Å². The highest BCUT2D eigenvalue weighted by atomic mass is 35.5. The highest BCUT2D eigenvalue weighted by Crippen LogP contribution is 2.29. The lowest BCUT2D eigenvalue weighted by atomic mass is 10.0. The predicted molar refractivity (Wildman–Crippen MR) is 139 cm³/mol. The Morgan fingerprint density at radius 3 is 2.58 bits per heavy atom. The lowest BCUT2D eigenvalue weighted by Crippen LogP contribution is -2.26. The quantitative estimate of drug-likeness (QED) is 0.313. The molecule has 0 spiro atoms. The Hall–Kier alpha value is -3.98. The summed E-state index contributed by atoms with van der Waals surface area (Å²) in [4.78, 5) is 18.2. The Balaban J connectivity index is 1.48. The number of aryl methyl sites for hydroxylation is 2. The number of H-pyrrole nitrogens is 1. The second kappa shape index (κ2) is 10.3. The molecule has 0 aliphatic rings.